The molecule has 3 nitrogen and oxygen atoms in total. The molecule has 0 bridgehead atoms. The molecule has 0 aliphatic carbocycles. The number of pyridine rings is 1. The lowest BCUT2D eigenvalue weighted by Gasteiger charge is -2.23. The van der Waals surface area contributed by atoms with E-state index in [4.69, 9.17) is 4.74 Å². The SMILES string of the molecule is C=C(C)c1ncc(OC(C)(C)C(C)=O)cc1SCC. The second-order valence-corrected chi connectivity index (χ2v) is 6.21. The lowest BCUT2D eigenvalue weighted by molar-refractivity contribution is -0.129. The van der Waals surface area contributed by atoms with Gasteiger partial charge in [-0.2, -0.15) is 0 Å². The maximum absolute atomic E-state index is 11.5. The molecule has 104 valence electrons. The van der Waals surface area contributed by atoms with Crippen LogP contribution in [0.5, 0.6) is 5.75 Å². The predicted octanol–water partition coefficient (Wildman–Crippen LogP) is 3.97. The van der Waals surface area contributed by atoms with Gasteiger partial charge in [-0.05, 0) is 45.1 Å². The van der Waals surface area contributed by atoms with Crippen LogP contribution in [0.1, 0.15) is 40.3 Å². The minimum atomic E-state index is -0.833. The first-order chi connectivity index (χ1) is 8.77. The van der Waals surface area contributed by atoms with Crippen molar-refractivity contribution in [1.82, 2.24) is 4.98 Å². The zero-order valence-electron chi connectivity index (χ0n) is 12.2. The van der Waals surface area contributed by atoms with Crippen molar-refractivity contribution in [2.24, 2.45) is 0 Å². The Balaban J connectivity index is 3.08. The van der Waals surface area contributed by atoms with Gasteiger partial charge < -0.3 is 4.74 Å². The smallest absolute Gasteiger partial charge is 0.172 e. The van der Waals surface area contributed by atoms with Crippen molar-refractivity contribution in [2.45, 2.75) is 45.1 Å². The molecule has 0 radical (unpaired) electrons. The van der Waals surface area contributed by atoms with Gasteiger partial charge in [0.1, 0.15) is 5.75 Å². The van der Waals surface area contributed by atoms with E-state index in [9.17, 15) is 4.79 Å². The molecular formula is C15H21NO2S. The minimum Gasteiger partial charge on any atom is -0.478 e. The summed E-state index contributed by atoms with van der Waals surface area (Å²) in [6.45, 7) is 13.0. The highest BCUT2D eigenvalue weighted by Crippen LogP contribution is 2.30. The Labute approximate surface area is 119 Å². The maximum Gasteiger partial charge on any atom is 0.172 e. The number of aromatic nitrogens is 1. The lowest BCUT2D eigenvalue weighted by Crippen LogP contribution is -2.36. The van der Waals surface area contributed by atoms with Crippen molar-refractivity contribution in [3.05, 3.63) is 24.5 Å². The molecule has 0 saturated heterocycles. The van der Waals surface area contributed by atoms with Crippen LogP contribution in [0, 0.1) is 0 Å². The van der Waals surface area contributed by atoms with Crippen LogP contribution in [0.15, 0.2) is 23.7 Å². The lowest BCUT2D eigenvalue weighted by atomic mass is 10.1. The summed E-state index contributed by atoms with van der Waals surface area (Å²) in [6.07, 6.45) is 1.65. The van der Waals surface area contributed by atoms with Crippen LogP contribution in [0.25, 0.3) is 5.57 Å². The molecule has 0 atom stereocenters. The Morgan fingerprint density at radius 2 is 2.11 bits per heavy atom. The Morgan fingerprint density at radius 3 is 2.58 bits per heavy atom. The average molecular weight is 279 g/mol. The van der Waals surface area contributed by atoms with Crippen LogP contribution in [-0.2, 0) is 4.79 Å². The molecule has 0 unspecified atom stereocenters. The third-order valence-corrected chi connectivity index (χ3v) is 3.66. The second kappa shape index (κ2) is 6.24. The summed E-state index contributed by atoms with van der Waals surface area (Å²) in [6, 6.07) is 1.93. The van der Waals surface area contributed by atoms with Crippen molar-refractivity contribution >= 4 is 23.1 Å². The van der Waals surface area contributed by atoms with Gasteiger partial charge in [-0.25, -0.2) is 0 Å². The first-order valence-corrected chi connectivity index (χ1v) is 7.25. The monoisotopic (exact) mass is 279 g/mol. The van der Waals surface area contributed by atoms with Gasteiger partial charge in [0.05, 0.1) is 11.9 Å². The molecule has 4 heteroatoms. The standard InChI is InChI=1S/C15H21NO2S/c1-7-19-13-8-12(9-16-14(13)10(2)3)18-15(5,6)11(4)17/h8-9H,2,7H2,1,3-6H3. The Hall–Kier alpha value is -1.29. The minimum absolute atomic E-state index is 0.0128. The van der Waals surface area contributed by atoms with Crippen molar-refractivity contribution in [3.8, 4) is 5.75 Å². The number of ketones is 1. The molecule has 0 saturated carbocycles. The third kappa shape index (κ3) is 4.10. The average Bonchev–Trinajstić information content (AvgIpc) is 2.28. The number of Topliss-reactive ketones (excluding diaryl/α,β-unsaturated/α-hetero) is 1. The van der Waals surface area contributed by atoms with Gasteiger partial charge in [-0.1, -0.05) is 13.5 Å². The fourth-order valence-electron chi connectivity index (χ4n) is 1.43. The molecule has 0 amide bonds. The first-order valence-electron chi connectivity index (χ1n) is 6.26. The van der Waals surface area contributed by atoms with Gasteiger partial charge >= 0.3 is 0 Å². The molecule has 0 N–H and O–H groups in total. The summed E-state index contributed by atoms with van der Waals surface area (Å²) in [5, 5.41) is 0. The largest absolute Gasteiger partial charge is 0.478 e. The van der Waals surface area contributed by atoms with E-state index >= 15 is 0 Å². The Kier molecular flexibility index (Phi) is 5.18. The highest BCUT2D eigenvalue weighted by Gasteiger charge is 2.26. The van der Waals surface area contributed by atoms with E-state index < -0.39 is 5.60 Å². The normalized spacial score (nSPS) is 11.2. The number of rotatable bonds is 6. The summed E-state index contributed by atoms with van der Waals surface area (Å²) < 4.78 is 5.73. The van der Waals surface area contributed by atoms with E-state index in [1.165, 1.54) is 6.92 Å². The molecule has 0 aliphatic heterocycles. The van der Waals surface area contributed by atoms with Gasteiger partial charge in [-0.3, -0.25) is 9.78 Å². The third-order valence-electron chi connectivity index (χ3n) is 2.75. The summed E-state index contributed by atoms with van der Waals surface area (Å²) in [4.78, 5) is 16.9. The van der Waals surface area contributed by atoms with Gasteiger partial charge in [0.25, 0.3) is 0 Å². The number of hydrogen-bond donors (Lipinski definition) is 0. The molecule has 0 aliphatic rings. The fraction of sp³-hybridized carbons (Fsp3) is 0.467. The first kappa shape index (κ1) is 15.8. The number of nitrogens with zero attached hydrogens (tertiary/aromatic N) is 1. The number of ether oxygens (including phenoxy) is 1. The summed E-state index contributed by atoms with van der Waals surface area (Å²) in [7, 11) is 0. The van der Waals surface area contributed by atoms with Crippen molar-refractivity contribution in [2.75, 3.05) is 5.75 Å². The Bertz CT molecular complexity index is 495. The van der Waals surface area contributed by atoms with Crippen LogP contribution >= 0.6 is 11.8 Å². The molecule has 0 aromatic carbocycles. The van der Waals surface area contributed by atoms with Crippen molar-refractivity contribution < 1.29 is 9.53 Å². The fourth-order valence-corrected chi connectivity index (χ4v) is 2.31. The van der Waals surface area contributed by atoms with E-state index in [2.05, 4.69) is 18.5 Å². The van der Waals surface area contributed by atoms with Crippen LogP contribution in [0.3, 0.4) is 0 Å². The molecule has 1 heterocycles. The maximum atomic E-state index is 11.5. The van der Waals surface area contributed by atoms with Crippen molar-refractivity contribution in [1.29, 1.82) is 0 Å². The second-order valence-electron chi connectivity index (χ2n) is 4.90. The number of carbonyl (C=O) groups is 1. The summed E-state index contributed by atoms with van der Waals surface area (Å²) in [5.41, 5.74) is 0.980. The van der Waals surface area contributed by atoms with Gasteiger partial charge in [0.15, 0.2) is 11.4 Å². The molecular weight excluding hydrogens is 258 g/mol. The molecule has 1 aromatic rings. The molecule has 0 fully saturated rings. The predicted molar refractivity (Wildman–Crippen MR) is 80.7 cm³/mol. The summed E-state index contributed by atoms with van der Waals surface area (Å²) in [5.74, 6) is 1.55. The number of hydrogen-bond acceptors (Lipinski definition) is 4. The van der Waals surface area contributed by atoms with Gasteiger partial charge in [0, 0.05) is 4.90 Å². The van der Waals surface area contributed by atoms with E-state index in [0.717, 1.165) is 21.9 Å². The topological polar surface area (TPSA) is 39.2 Å². The van der Waals surface area contributed by atoms with Gasteiger partial charge in [-0.15, -0.1) is 11.8 Å². The van der Waals surface area contributed by atoms with Crippen LogP contribution in [0.4, 0.5) is 0 Å². The highest BCUT2D eigenvalue weighted by atomic mass is 32.2. The highest BCUT2D eigenvalue weighted by molar-refractivity contribution is 7.99. The van der Waals surface area contributed by atoms with E-state index in [0.29, 0.717) is 5.75 Å². The molecule has 1 aromatic heterocycles. The van der Waals surface area contributed by atoms with Gasteiger partial charge in [0.2, 0.25) is 0 Å². The summed E-state index contributed by atoms with van der Waals surface area (Å²) >= 11 is 1.69. The number of allylic oxidation sites excluding steroid dienone is 1. The van der Waals surface area contributed by atoms with Crippen LogP contribution < -0.4 is 4.74 Å². The molecule has 19 heavy (non-hydrogen) atoms. The number of carbonyl (C=O) groups excluding carboxylic acids is 1. The molecule has 0 spiro atoms. The van der Waals surface area contributed by atoms with Crippen LogP contribution in [-0.4, -0.2) is 22.1 Å². The molecule has 1 rings (SSSR count). The zero-order chi connectivity index (χ0) is 14.6. The van der Waals surface area contributed by atoms with Crippen LogP contribution in [0.2, 0.25) is 0 Å². The van der Waals surface area contributed by atoms with E-state index in [1.54, 1.807) is 31.8 Å². The Morgan fingerprint density at radius 1 is 1.47 bits per heavy atom. The van der Waals surface area contributed by atoms with E-state index in [1.807, 2.05) is 13.0 Å². The van der Waals surface area contributed by atoms with Crippen molar-refractivity contribution in [3.63, 3.8) is 0 Å². The van der Waals surface area contributed by atoms with E-state index in [-0.39, 0.29) is 5.78 Å². The number of thioether (sulfide) groups is 1. The quantitative estimate of drug-likeness (QED) is 0.739. The zero-order valence-corrected chi connectivity index (χ0v) is 13.1.